The summed E-state index contributed by atoms with van der Waals surface area (Å²) >= 11 is 0. The molecular formula is C13H28N2. The van der Waals surface area contributed by atoms with Crippen molar-refractivity contribution in [1.29, 1.82) is 0 Å². The van der Waals surface area contributed by atoms with Crippen molar-refractivity contribution in [3.05, 3.63) is 0 Å². The van der Waals surface area contributed by atoms with Gasteiger partial charge in [-0.15, -0.1) is 0 Å². The van der Waals surface area contributed by atoms with E-state index in [1.54, 1.807) is 0 Å². The summed E-state index contributed by atoms with van der Waals surface area (Å²) in [7, 11) is 2.25. The number of rotatable bonds is 8. The normalized spacial score (nSPS) is 18.8. The highest BCUT2D eigenvalue weighted by Crippen LogP contribution is 2.18. The van der Waals surface area contributed by atoms with Gasteiger partial charge in [-0.1, -0.05) is 13.8 Å². The SMILES string of the molecule is CC(C)C(C)N(C)CCCCNC1CC1. The second-order valence-electron chi connectivity index (χ2n) is 5.40. The zero-order chi connectivity index (χ0) is 11.3. The van der Waals surface area contributed by atoms with E-state index in [1.165, 1.54) is 38.8 Å². The highest BCUT2D eigenvalue weighted by Gasteiger charge is 2.19. The standard InChI is InChI=1S/C13H28N2/c1-11(2)12(3)15(4)10-6-5-9-14-13-7-8-13/h11-14H,5-10H2,1-4H3. The van der Waals surface area contributed by atoms with Crippen molar-refractivity contribution in [1.82, 2.24) is 10.2 Å². The summed E-state index contributed by atoms with van der Waals surface area (Å²) < 4.78 is 0. The van der Waals surface area contributed by atoms with Crippen LogP contribution in [0.5, 0.6) is 0 Å². The third-order valence-electron chi connectivity index (χ3n) is 3.61. The molecule has 90 valence electrons. The average molecular weight is 212 g/mol. The molecule has 1 fully saturated rings. The minimum Gasteiger partial charge on any atom is -0.314 e. The van der Waals surface area contributed by atoms with Crippen molar-refractivity contribution < 1.29 is 0 Å². The maximum absolute atomic E-state index is 3.56. The quantitative estimate of drug-likeness (QED) is 0.622. The monoisotopic (exact) mass is 212 g/mol. The molecule has 0 spiro atoms. The highest BCUT2D eigenvalue weighted by atomic mass is 15.1. The highest BCUT2D eigenvalue weighted by molar-refractivity contribution is 4.80. The molecule has 0 aliphatic heterocycles. The van der Waals surface area contributed by atoms with Crippen molar-refractivity contribution >= 4 is 0 Å². The predicted octanol–water partition coefficient (Wildman–Crippen LogP) is 2.49. The van der Waals surface area contributed by atoms with Gasteiger partial charge in [0.25, 0.3) is 0 Å². The number of hydrogen-bond donors (Lipinski definition) is 1. The lowest BCUT2D eigenvalue weighted by Gasteiger charge is -2.27. The van der Waals surface area contributed by atoms with E-state index < -0.39 is 0 Å². The Hall–Kier alpha value is -0.0800. The number of nitrogens with one attached hydrogen (secondary N) is 1. The van der Waals surface area contributed by atoms with E-state index in [-0.39, 0.29) is 0 Å². The molecule has 1 aliphatic carbocycles. The molecule has 2 heteroatoms. The fourth-order valence-corrected chi connectivity index (χ4v) is 1.79. The second-order valence-corrected chi connectivity index (χ2v) is 5.40. The largest absolute Gasteiger partial charge is 0.314 e. The Balaban J connectivity index is 1.93. The Kier molecular flexibility index (Phi) is 5.62. The molecule has 1 saturated carbocycles. The van der Waals surface area contributed by atoms with Crippen molar-refractivity contribution in [2.24, 2.45) is 5.92 Å². The number of unbranched alkanes of at least 4 members (excludes halogenated alkanes) is 1. The fraction of sp³-hybridized carbons (Fsp3) is 1.00. The Morgan fingerprint density at radius 3 is 2.40 bits per heavy atom. The smallest absolute Gasteiger partial charge is 0.00868 e. The van der Waals surface area contributed by atoms with Gasteiger partial charge in [0.1, 0.15) is 0 Å². The Morgan fingerprint density at radius 1 is 1.20 bits per heavy atom. The van der Waals surface area contributed by atoms with Gasteiger partial charge >= 0.3 is 0 Å². The molecule has 0 aromatic carbocycles. The van der Waals surface area contributed by atoms with E-state index in [1.807, 2.05) is 0 Å². The molecule has 1 N–H and O–H groups in total. The Labute approximate surface area is 95.4 Å². The first-order chi connectivity index (χ1) is 7.11. The van der Waals surface area contributed by atoms with Crippen molar-refractivity contribution in [2.75, 3.05) is 20.1 Å². The third-order valence-corrected chi connectivity index (χ3v) is 3.61. The van der Waals surface area contributed by atoms with Gasteiger partial charge in [0.15, 0.2) is 0 Å². The van der Waals surface area contributed by atoms with Crippen LogP contribution in [0, 0.1) is 5.92 Å². The molecule has 0 aromatic heterocycles. The van der Waals surface area contributed by atoms with Crippen LogP contribution in [-0.4, -0.2) is 37.1 Å². The van der Waals surface area contributed by atoms with Gasteiger partial charge in [-0.05, 0) is 58.7 Å². The van der Waals surface area contributed by atoms with Gasteiger partial charge in [-0.2, -0.15) is 0 Å². The summed E-state index contributed by atoms with van der Waals surface area (Å²) in [6, 6.07) is 1.58. The molecule has 2 nitrogen and oxygen atoms in total. The molecule has 1 aliphatic rings. The molecule has 0 aromatic rings. The van der Waals surface area contributed by atoms with E-state index in [0.29, 0.717) is 6.04 Å². The molecule has 1 rings (SSSR count). The van der Waals surface area contributed by atoms with Crippen LogP contribution in [0.15, 0.2) is 0 Å². The summed E-state index contributed by atoms with van der Waals surface area (Å²) in [6.45, 7) is 9.39. The molecular weight excluding hydrogens is 184 g/mol. The minimum absolute atomic E-state index is 0.710. The van der Waals surface area contributed by atoms with E-state index >= 15 is 0 Å². The van der Waals surface area contributed by atoms with Gasteiger partial charge in [0.2, 0.25) is 0 Å². The van der Waals surface area contributed by atoms with Crippen LogP contribution in [0.2, 0.25) is 0 Å². The van der Waals surface area contributed by atoms with Crippen LogP contribution in [0.1, 0.15) is 46.5 Å². The molecule has 0 bridgehead atoms. The summed E-state index contributed by atoms with van der Waals surface area (Å²) in [4.78, 5) is 2.49. The summed E-state index contributed by atoms with van der Waals surface area (Å²) in [6.07, 6.45) is 5.47. The molecule has 0 radical (unpaired) electrons. The minimum atomic E-state index is 0.710. The summed E-state index contributed by atoms with van der Waals surface area (Å²) in [5.74, 6) is 0.764. The number of nitrogens with zero attached hydrogens (tertiary/aromatic N) is 1. The average Bonchev–Trinajstić information content (AvgIpc) is 2.99. The molecule has 1 unspecified atom stereocenters. The lowest BCUT2D eigenvalue weighted by Crippen LogP contribution is -2.34. The van der Waals surface area contributed by atoms with Crippen molar-refractivity contribution in [3.8, 4) is 0 Å². The first-order valence-corrected chi connectivity index (χ1v) is 6.55. The molecule has 1 atom stereocenters. The van der Waals surface area contributed by atoms with Gasteiger partial charge in [-0.25, -0.2) is 0 Å². The topological polar surface area (TPSA) is 15.3 Å². The first-order valence-electron chi connectivity index (χ1n) is 6.55. The number of hydrogen-bond acceptors (Lipinski definition) is 2. The second kappa shape index (κ2) is 6.49. The van der Waals surface area contributed by atoms with Gasteiger partial charge in [-0.3, -0.25) is 0 Å². The zero-order valence-electron chi connectivity index (χ0n) is 10.9. The van der Waals surface area contributed by atoms with E-state index in [4.69, 9.17) is 0 Å². The van der Waals surface area contributed by atoms with E-state index in [0.717, 1.165) is 12.0 Å². The maximum Gasteiger partial charge on any atom is 0.00868 e. The lowest BCUT2D eigenvalue weighted by atomic mass is 10.1. The molecule has 15 heavy (non-hydrogen) atoms. The van der Waals surface area contributed by atoms with Crippen molar-refractivity contribution in [2.45, 2.75) is 58.5 Å². The maximum atomic E-state index is 3.56. The summed E-state index contributed by atoms with van der Waals surface area (Å²) in [5.41, 5.74) is 0. The molecule has 0 saturated heterocycles. The Morgan fingerprint density at radius 2 is 1.87 bits per heavy atom. The molecule has 0 heterocycles. The first kappa shape index (κ1) is 13.0. The van der Waals surface area contributed by atoms with Crippen LogP contribution in [0.3, 0.4) is 0 Å². The van der Waals surface area contributed by atoms with E-state index in [2.05, 4.69) is 38.0 Å². The van der Waals surface area contributed by atoms with Crippen molar-refractivity contribution in [3.63, 3.8) is 0 Å². The van der Waals surface area contributed by atoms with Crippen LogP contribution < -0.4 is 5.32 Å². The van der Waals surface area contributed by atoms with Gasteiger partial charge in [0.05, 0.1) is 0 Å². The van der Waals surface area contributed by atoms with Crippen LogP contribution in [-0.2, 0) is 0 Å². The van der Waals surface area contributed by atoms with Crippen LogP contribution in [0.25, 0.3) is 0 Å². The van der Waals surface area contributed by atoms with Crippen LogP contribution >= 0.6 is 0 Å². The van der Waals surface area contributed by atoms with E-state index in [9.17, 15) is 0 Å². The van der Waals surface area contributed by atoms with Gasteiger partial charge in [0, 0.05) is 12.1 Å². The fourth-order valence-electron chi connectivity index (χ4n) is 1.79. The predicted molar refractivity (Wildman–Crippen MR) is 67.2 cm³/mol. The summed E-state index contributed by atoms with van der Waals surface area (Å²) in [5, 5.41) is 3.56. The lowest BCUT2D eigenvalue weighted by molar-refractivity contribution is 0.204. The Bertz CT molecular complexity index is 164. The van der Waals surface area contributed by atoms with Gasteiger partial charge < -0.3 is 10.2 Å². The molecule has 0 amide bonds. The van der Waals surface area contributed by atoms with Crippen LogP contribution in [0.4, 0.5) is 0 Å². The zero-order valence-corrected chi connectivity index (χ0v) is 10.9. The third kappa shape index (κ3) is 5.53.